The molecule has 0 aliphatic carbocycles. The number of anilines is 1. The van der Waals surface area contributed by atoms with Crippen LogP contribution < -0.4 is 15.5 Å². The summed E-state index contributed by atoms with van der Waals surface area (Å²) >= 11 is 7.01. The summed E-state index contributed by atoms with van der Waals surface area (Å²) in [5.74, 6) is -0.308. The number of carbonyl (C=O) groups excluding carboxylic acids is 3. The minimum absolute atomic E-state index is 0.126. The van der Waals surface area contributed by atoms with Gasteiger partial charge in [-0.15, -0.1) is 11.3 Å². The molecule has 6 nitrogen and oxygen atoms in total. The SMILES string of the molecule is O=C(NCCNC(=O)c1ccc(Cl)s1)c1ccc(N2CCCCC2=O)cc1. The third kappa shape index (κ3) is 5.08. The molecule has 0 spiro atoms. The van der Waals surface area contributed by atoms with Gasteiger partial charge in [0.25, 0.3) is 11.8 Å². The highest BCUT2D eigenvalue weighted by molar-refractivity contribution is 7.17. The first-order valence-corrected chi connectivity index (χ1v) is 9.96. The largest absolute Gasteiger partial charge is 0.350 e. The Hall–Kier alpha value is -2.38. The molecular formula is C19H20ClN3O3S. The molecule has 1 aromatic carbocycles. The smallest absolute Gasteiger partial charge is 0.261 e. The fourth-order valence-electron chi connectivity index (χ4n) is 2.85. The van der Waals surface area contributed by atoms with Gasteiger partial charge in [-0.3, -0.25) is 14.4 Å². The molecule has 1 aliphatic heterocycles. The molecule has 1 saturated heterocycles. The first-order valence-electron chi connectivity index (χ1n) is 8.77. The van der Waals surface area contributed by atoms with Gasteiger partial charge in [0.2, 0.25) is 5.91 Å². The van der Waals surface area contributed by atoms with Crippen molar-refractivity contribution in [2.24, 2.45) is 0 Å². The predicted octanol–water partition coefficient (Wildman–Crippen LogP) is 3.08. The lowest BCUT2D eigenvalue weighted by Gasteiger charge is -2.26. The van der Waals surface area contributed by atoms with Crippen LogP contribution in [-0.2, 0) is 4.79 Å². The van der Waals surface area contributed by atoms with Crippen LogP contribution in [-0.4, -0.2) is 37.4 Å². The van der Waals surface area contributed by atoms with E-state index >= 15 is 0 Å². The third-order valence-corrected chi connectivity index (χ3v) is 5.49. The maximum atomic E-state index is 12.2. The Morgan fingerprint density at radius 2 is 1.70 bits per heavy atom. The van der Waals surface area contributed by atoms with Crippen LogP contribution in [0.4, 0.5) is 5.69 Å². The predicted molar refractivity (Wildman–Crippen MR) is 107 cm³/mol. The number of piperidine rings is 1. The van der Waals surface area contributed by atoms with Crippen LogP contribution in [0.5, 0.6) is 0 Å². The summed E-state index contributed by atoms with van der Waals surface area (Å²) in [7, 11) is 0. The number of rotatable bonds is 6. The van der Waals surface area contributed by atoms with E-state index in [1.54, 1.807) is 41.3 Å². The zero-order valence-corrected chi connectivity index (χ0v) is 16.2. The molecule has 0 radical (unpaired) electrons. The van der Waals surface area contributed by atoms with Crippen molar-refractivity contribution in [2.45, 2.75) is 19.3 Å². The number of nitrogens with zero attached hydrogens (tertiary/aromatic N) is 1. The molecule has 0 bridgehead atoms. The number of amides is 3. The van der Waals surface area contributed by atoms with Crippen molar-refractivity contribution in [1.29, 1.82) is 0 Å². The Kier molecular flexibility index (Phi) is 6.47. The van der Waals surface area contributed by atoms with Crippen molar-refractivity contribution in [2.75, 3.05) is 24.5 Å². The summed E-state index contributed by atoms with van der Waals surface area (Å²) in [6.45, 7) is 1.36. The molecule has 27 heavy (non-hydrogen) atoms. The maximum Gasteiger partial charge on any atom is 0.261 e. The van der Waals surface area contributed by atoms with Gasteiger partial charge in [0.15, 0.2) is 0 Å². The van der Waals surface area contributed by atoms with Crippen molar-refractivity contribution in [1.82, 2.24) is 10.6 Å². The lowest BCUT2D eigenvalue weighted by molar-refractivity contribution is -0.119. The summed E-state index contributed by atoms with van der Waals surface area (Å²) in [5, 5.41) is 5.49. The van der Waals surface area contributed by atoms with E-state index in [4.69, 9.17) is 11.6 Å². The minimum atomic E-state index is -0.222. The first kappa shape index (κ1) is 19.4. The van der Waals surface area contributed by atoms with E-state index in [-0.39, 0.29) is 17.7 Å². The minimum Gasteiger partial charge on any atom is -0.350 e. The van der Waals surface area contributed by atoms with Gasteiger partial charge < -0.3 is 15.5 Å². The van der Waals surface area contributed by atoms with Crippen LogP contribution in [0, 0.1) is 0 Å². The van der Waals surface area contributed by atoms with Crippen LogP contribution in [0.15, 0.2) is 36.4 Å². The average Bonchev–Trinajstić information content (AvgIpc) is 3.12. The van der Waals surface area contributed by atoms with E-state index in [2.05, 4.69) is 10.6 Å². The highest BCUT2D eigenvalue weighted by atomic mass is 35.5. The van der Waals surface area contributed by atoms with Crippen LogP contribution in [0.1, 0.15) is 39.3 Å². The normalized spacial score (nSPS) is 14.1. The molecule has 2 heterocycles. The molecule has 0 saturated carbocycles. The van der Waals surface area contributed by atoms with Crippen molar-refractivity contribution >= 4 is 46.3 Å². The third-order valence-electron chi connectivity index (χ3n) is 4.26. The summed E-state index contributed by atoms with van der Waals surface area (Å²) in [4.78, 5) is 38.3. The lowest BCUT2D eigenvalue weighted by atomic mass is 10.1. The molecule has 2 N–H and O–H groups in total. The highest BCUT2D eigenvalue weighted by Crippen LogP contribution is 2.22. The summed E-state index contributed by atoms with van der Waals surface area (Å²) in [5.41, 5.74) is 1.33. The second-order valence-corrected chi connectivity index (χ2v) is 7.88. The standard InChI is InChI=1S/C19H20ClN3O3S/c20-16-9-8-15(27-16)19(26)22-11-10-21-18(25)13-4-6-14(7-5-13)23-12-2-1-3-17(23)24/h4-9H,1-3,10-12H2,(H,21,25)(H,22,26). The van der Waals surface area contributed by atoms with Gasteiger partial charge in [0, 0.05) is 37.3 Å². The maximum absolute atomic E-state index is 12.2. The van der Waals surface area contributed by atoms with E-state index in [1.165, 1.54) is 11.3 Å². The fraction of sp³-hybridized carbons (Fsp3) is 0.316. The van der Waals surface area contributed by atoms with Gasteiger partial charge in [-0.1, -0.05) is 11.6 Å². The number of hydrogen-bond acceptors (Lipinski definition) is 4. The van der Waals surface area contributed by atoms with Gasteiger partial charge in [-0.25, -0.2) is 0 Å². The quantitative estimate of drug-likeness (QED) is 0.725. The molecule has 2 aromatic rings. The van der Waals surface area contributed by atoms with Crippen LogP contribution >= 0.6 is 22.9 Å². The average molecular weight is 406 g/mol. The number of nitrogens with one attached hydrogen (secondary N) is 2. The Bertz CT molecular complexity index is 835. The second-order valence-electron chi connectivity index (χ2n) is 6.16. The van der Waals surface area contributed by atoms with Gasteiger partial charge in [-0.2, -0.15) is 0 Å². The first-order chi connectivity index (χ1) is 13.0. The Balaban J connectivity index is 1.45. The fourth-order valence-corrected chi connectivity index (χ4v) is 3.81. The number of halogens is 1. The summed E-state index contributed by atoms with van der Waals surface area (Å²) in [6, 6.07) is 10.3. The zero-order chi connectivity index (χ0) is 19.2. The number of hydrogen-bond donors (Lipinski definition) is 2. The van der Waals surface area contributed by atoms with E-state index < -0.39 is 0 Å². The molecule has 3 amide bonds. The Morgan fingerprint density at radius 1 is 1.00 bits per heavy atom. The van der Waals surface area contributed by atoms with Crippen LogP contribution in [0.25, 0.3) is 0 Å². The molecule has 0 unspecified atom stereocenters. The Morgan fingerprint density at radius 3 is 2.33 bits per heavy atom. The number of benzene rings is 1. The van der Waals surface area contributed by atoms with Crippen molar-refractivity contribution in [3.05, 3.63) is 51.2 Å². The van der Waals surface area contributed by atoms with Crippen LogP contribution in [0.3, 0.4) is 0 Å². The number of carbonyl (C=O) groups is 3. The van der Waals surface area contributed by atoms with Crippen molar-refractivity contribution < 1.29 is 14.4 Å². The van der Waals surface area contributed by atoms with Gasteiger partial charge >= 0.3 is 0 Å². The summed E-state index contributed by atoms with van der Waals surface area (Å²) in [6.07, 6.45) is 2.51. The van der Waals surface area contributed by atoms with Crippen LogP contribution in [0.2, 0.25) is 4.34 Å². The Labute approximate surface area is 166 Å². The molecule has 1 aromatic heterocycles. The van der Waals surface area contributed by atoms with Gasteiger partial charge in [0.05, 0.1) is 9.21 Å². The van der Waals surface area contributed by atoms with E-state index in [9.17, 15) is 14.4 Å². The van der Waals surface area contributed by atoms with Crippen molar-refractivity contribution in [3.63, 3.8) is 0 Å². The van der Waals surface area contributed by atoms with Gasteiger partial charge in [-0.05, 0) is 49.2 Å². The van der Waals surface area contributed by atoms with E-state index in [0.29, 0.717) is 34.3 Å². The highest BCUT2D eigenvalue weighted by Gasteiger charge is 2.19. The second kappa shape index (κ2) is 9.01. The molecule has 1 aliphatic rings. The molecule has 142 valence electrons. The van der Waals surface area contributed by atoms with E-state index in [1.807, 2.05) is 0 Å². The van der Waals surface area contributed by atoms with Gasteiger partial charge in [0.1, 0.15) is 0 Å². The van der Waals surface area contributed by atoms with E-state index in [0.717, 1.165) is 25.1 Å². The zero-order valence-electron chi connectivity index (χ0n) is 14.7. The molecular weight excluding hydrogens is 386 g/mol. The summed E-state index contributed by atoms with van der Waals surface area (Å²) < 4.78 is 0.558. The molecule has 3 rings (SSSR count). The molecule has 8 heteroatoms. The molecule has 1 fully saturated rings. The number of thiophene rings is 1. The molecule has 0 atom stereocenters. The topological polar surface area (TPSA) is 78.5 Å². The lowest BCUT2D eigenvalue weighted by Crippen LogP contribution is -2.35. The monoisotopic (exact) mass is 405 g/mol. The van der Waals surface area contributed by atoms with Crippen molar-refractivity contribution in [3.8, 4) is 0 Å².